The van der Waals surface area contributed by atoms with Crippen LogP contribution in [0.15, 0.2) is 0 Å². The quantitative estimate of drug-likeness (QED) is 0.621. The maximum atomic E-state index is 11.1. The van der Waals surface area contributed by atoms with Crippen LogP contribution in [0, 0.1) is 11.8 Å². The fraction of sp³-hybridized carbons (Fsp3) is 0.800. The van der Waals surface area contributed by atoms with Gasteiger partial charge >= 0.3 is 12.0 Å². The van der Waals surface area contributed by atoms with Crippen LogP contribution in [0.1, 0.15) is 27.2 Å². The van der Waals surface area contributed by atoms with Crippen LogP contribution in [-0.4, -0.2) is 30.2 Å². The third-order valence-electron chi connectivity index (χ3n) is 2.14. The highest BCUT2D eigenvalue weighted by atomic mass is 16.4. The molecule has 3 N–H and O–H groups in total. The number of urea groups is 1. The van der Waals surface area contributed by atoms with Crippen LogP contribution in [0.3, 0.4) is 0 Å². The molecule has 0 aromatic heterocycles. The number of carbonyl (C=O) groups is 2. The standard InChI is InChI=1S/C10H20N2O3/c1-4-5-11-10(15)12-6-8(7(2)3)9(13)14/h7-8H,4-6H2,1-3H3,(H,13,14)(H2,11,12,15). The van der Waals surface area contributed by atoms with Gasteiger partial charge in [0.2, 0.25) is 0 Å². The van der Waals surface area contributed by atoms with E-state index in [-0.39, 0.29) is 18.5 Å². The molecular weight excluding hydrogens is 196 g/mol. The summed E-state index contributed by atoms with van der Waals surface area (Å²) in [7, 11) is 0. The van der Waals surface area contributed by atoms with Crippen molar-refractivity contribution in [3.63, 3.8) is 0 Å². The van der Waals surface area contributed by atoms with Crippen LogP contribution in [0.4, 0.5) is 4.79 Å². The van der Waals surface area contributed by atoms with Gasteiger partial charge in [0.15, 0.2) is 0 Å². The number of carboxylic acids is 1. The summed E-state index contributed by atoms with van der Waals surface area (Å²) in [5, 5.41) is 14.0. The number of aliphatic carboxylic acids is 1. The molecule has 1 unspecified atom stereocenters. The Kier molecular flexibility index (Phi) is 6.49. The largest absolute Gasteiger partial charge is 0.481 e. The molecule has 15 heavy (non-hydrogen) atoms. The predicted octanol–water partition coefficient (Wildman–Crippen LogP) is 1.05. The summed E-state index contributed by atoms with van der Waals surface area (Å²) in [5.74, 6) is -1.40. The van der Waals surface area contributed by atoms with Crippen LogP contribution in [-0.2, 0) is 4.79 Å². The predicted molar refractivity (Wildman–Crippen MR) is 57.7 cm³/mol. The van der Waals surface area contributed by atoms with Crippen LogP contribution in [0.5, 0.6) is 0 Å². The van der Waals surface area contributed by atoms with Crippen molar-refractivity contribution in [2.75, 3.05) is 13.1 Å². The third kappa shape index (κ3) is 5.93. The maximum Gasteiger partial charge on any atom is 0.314 e. The van der Waals surface area contributed by atoms with E-state index in [0.29, 0.717) is 6.54 Å². The van der Waals surface area contributed by atoms with E-state index in [0.717, 1.165) is 6.42 Å². The number of nitrogens with one attached hydrogen (secondary N) is 2. The Hall–Kier alpha value is -1.26. The monoisotopic (exact) mass is 216 g/mol. The first-order valence-electron chi connectivity index (χ1n) is 5.23. The van der Waals surface area contributed by atoms with Crippen LogP contribution >= 0.6 is 0 Å². The van der Waals surface area contributed by atoms with Gasteiger partial charge in [-0.2, -0.15) is 0 Å². The number of carboxylic acid groups (broad SMARTS) is 1. The first-order chi connectivity index (χ1) is 6.99. The van der Waals surface area contributed by atoms with Crippen molar-refractivity contribution in [3.05, 3.63) is 0 Å². The zero-order valence-corrected chi connectivity index (χ0v) is 9.54. The van der Waals surface area contributed by atoms with Gasteiger partial charge in [-0.05, 0) is 12.3 Å². The smallest absolute Gasteiger partial charge is 0.314 e. The molecule has 0 aromatic carbocycles. The molecule has 0 bridgehead atoms. The van der Waals surface area contributed by atoms with E-state index < -0.39 is 11.9 Å². The molecule has 2 amide bonds. The molecule has 0 fully saturated rings. The van der Waals surface area contributed by atoms with Gasteiger partial charge in [0.1, 0.15) is 0 Å². The fourth-order valence-corrected chi connectivity index (χ4v) is 1.11. The van der Waals surface area contributed by atoms with Gasteiger partial charge in [0.25, 0.3) is 0 Å². The molecule has 0 spiro atoms. The molecule has 0 radical (unpaired) electrons. The summed E-state index contributed by atoms with van der Waals surface area (Å²) in [6.45, 7) is 6.37. The van der Waals surface area contributed by atoms with Crippen molar-refractivity contribution in [2.45, 2.75) is 27.2 Å². The topological polar surface area (TPSA) is 78.4 Å². The van der Waals surface area contributed by atoms with Gasteiger partial charge in [-0.1, -0.05) is 20.8 Å². The highest BCUT2D eigenvalue weighted by molar-refractivity contribution is 5.75. The molecule has 0 heterocycles. The van der Waals surface area contributed by atoms with E-state index in [1.165, 1.54) is 0 Å². The number of carbonyl (C=O) groups excluding carboxylic acids is 1. The van der Waals surface area contributed by atoms with E-state index in [1.807, 2.05) is 20.8 Å². The number of hydrogen-bond acceptors (Lipinski definition) is 2. The van der Waals surface area contributed by atoms with Crippen molar-refractivity contribution in [3.8, 4) is 0 Å². The molecule has 5 heteroatoms. The average molecular weight is 216 g/mol. The van der Waals surface area contributed by atoms with Crippen LogP contribution in [0.25, 0.3) is 0 Å². The average Bonchev–Trinajstić information content (AvgIpc) is 2.13. The Morgan fingerprint density at radius 1 is 1.27 bits per heavy atom. The summed E-state index contributed by atoms with van der Waals surface area (Å²) in [6, 6.07) is -0.302. The van der Waals surface area contributed by atoms with Gasteiger partial charge < -0.3 is 15.7 Å². The first kappa shape index (κ1) is 13.7. The second-order valence-corrected chi connectivity index (χ2v) is 3.83. The van der Waals surface area contributed by atoms with Gasteiger partial charge in [-0.15, -0.1) is 0 Å². The van der Waals surface area contributed by atoms with E-state index in [9.17, 15) is 9.59 Å². The molecule has 1 atom stereocenters. The molecule has 0 saturated heterocycles. The van der Waals surface area contributed by atoms with Crippen LogP contribution in [0.2, 0.25) is 0 Å². The molecular formula is C10H20N2O3. The van der Waals surface area contributed by atoms with E-state index in [1.54, 1.807) is 0 Å². The van der Waals surface area contributed by atoms with Gasteiger partial charge in [-0.25, -0.2) is 4.79 Å². The highest BCUT2D eigenvalue weighted by Crippen LogP contribution is 2.09. The summed E-state index contributed by atoms with van der Waals surface area (Å²) in [5.41, 5.74) is 0. The van der Waals surface area contributed by atoms with Crippen molar-refractivity contribution in [1.29, 1.82) is 0 Å². The second kappa shape index (κ2) is 7.09. The minimum absolute atomic E-state index is 0.00831. The zero-order valence-electron chi connectivity index (χ0n) is 9.54. The Morgan fingerprint density at radius 3 is 2.27 bits per heavy atom. The van der Waals surface area contributed by atoms with E-state index in [2.05, 4.69) is 10.6 Å². The first-order valence-corrected chi connectivity index (χ1v) is 5.23. The van der Waals surface area contributed by atoms with E-state index >= 15 is 0 Å². The fourth-order valence-electron chi connectivity index (χ4n) is 1.11. The highest BCUT2D eigenvalue weighted by Gasteiger charge is 2.21. The van der Waals surface area contributed by atoms with Crippen molar-refractivity contribution < 1.29 is 14.7 Å². The third-order valence-corrected chi connectivity index (χ3v) is 2.14. The van der Waals surface area contributed by atoms with Gasteiger partial charge in [-0.3, -0.25) is 4.79 Å². The van der Waals surface area contributed by atoms with Gasteiger partial charge in [0, 0.05) is 13.1 Å². The van der Waals surface area contributed by atoms with Crippen LogP contribution < -0.4 is 10.6 Å². The molecule has 0 aliphatic carbocycles. The Bertz CT molecular complexity index is 217. The lowest BCUT2D eigenvalue weighted by molar-refractivity contribution is -0.142. The van der Waals surface area contributed by atoms with Crippen molar-refractivity contribution in [1.82, 2.24) is 10.6 Å². The molecule has 88 valence electrons. The summed E-state index contributed by atoms with van der Waals surface area (Å²) < 4.78 is 0. The number of amides is 2. The second-order valence-electron chi connectivity index (χ2n) is 3.83. The zero-order chi connectivity index (χ0) is 11.8. The minimum atomic E-state index is -0.874. The number of hydrogen-bond donors (Lipinski definition) is 3. The van der Waals surface area contributed by atoms with Gasteiger partial charge in [0.05, 0.1) is 5.92 Å². The molecule has 0 rings (SSSR count). The molecule has 0 aromatic rings. The lowest BCUT2D eigenvalue weighted by atomic mass is 9.96. The Morgan fingerprint density at radius 2 is 1.87 bits per heavy atom. The lowest BCUT2D eigenvalue weighted by Crippen LogP contribution is -2.41. The summed E-state index contributed by atoms with van der Waals surface area (Å²) in [4.78, 5) is 21.9. The Labute approximate surface area is 90.2 Å². The molecule has 0 saturated carbocycles. The maximum absolute atomic E-state index is 11.1. The SMILES string of the molecule is CCCNC(=O)NCC(C(=O)O)C(C)C. The minimum Gasteiger partial charge on any atom is -0.481 e. The van der Waals surface area contributed by atoms with Crippen molar-refractivity contribution >= 4 is 12.0 Å². The van der Waals surface area contributed by atoms with Crippen molar-refractivity contribution in [2.24, 2.45) is 11.8 Å². The molecule has 0 aliphatic heterocycles. The summed E-state index contributed by atoms with van der Waals surface area (Å²) >= 11 is 0. The lowest BCUT2D eigenvalue weighted by Gasteiger charge is -2.16. The summed E-state index contributed by atoms with van der Waals surface area (Å²) in [6.07, 6.45) is 0.861. The molecule has 0 aliphatic rings. The normalized spacial score (nSPS) is 12.3. The van der Waals surface area contributed by atoms with E-state index in [4.69, 9.17) is 5.11 Å². The Balaban J connectivity index is 3.89. The molecule has 5 nitrogen and oxygen atoms in total. The number of rotatable bonds is 6.